The fourth-order valence-corrected chi connectivity index (χ4v) is 4.21. The van der Waals surface area contributed by atoms with Crippen LogP contribution in [0.1, 0.15) is 61.3 Å². The van der Waals surface area contributed by atoms with Crippen LogP contribution in [-0.4, -0.2) is 36.2 Å². The van der Waals surface area contributed by atoms with E-state index in [2.05, 4.69) is 31.1 Å². The van der Waals surface area contributed by atoms with E-state index in [0.29, 0.717) is 23.8 Å². The summed E-state index contributed by atoms with van der Waals surface area (Å²) in [5.41, 5.74) is 3.83. The van der Waals surface area contributed by atoms with Crippen LogP contribution in [0.3, 0.4) is 0 Å². The van der Waals surface area contributed by atoms with Gasteiger partial charge in [0.15, 0.2) is 0 Å². The maximum atomic E-state index is 10.3. The van der Waals surface area contributed by atoms with Gasteiger partial charge in [0.05, 0.1) is 0 Å². The monoisotopic (exact) mass is 288 g/mol. The number of likely N-dealkylation sites (tertiary alicyclic amines) is 1. The molecule has 1 heterocycles. The lowest BCUT2D eigenvalue weighted by Gasteiger charge is -2.33. The molecule has 1 aliphatic carbocycles. The first-order valence-corrected chi connectivity index (χ1v) is 8.34. The smallest absolute Gasteiger partial charge is 0.120 e. The molecule has 0 radical (unpaired) electrons. The first-order chi connectivity index (χ1) is 10.1. The van der Waals surface area contributed by atoms with Gasteiger partial charge in [-0.1, -0.05) is 19.4 Å². The minimum absolute atomic E-state index is 0.310. The molecule has 21 heavy (non-hydrogen) atoms. The van der Waals surface area contributed by atoms with Crippen LogP contribution in [0.4, 0.5) is 0 Å². The zero-order valence-corrected chi connectivity index (χ0v) is 13.5. The molecule has 3 atom stereocenters. The number of aryl methyl sites for hydroxylation is 1. The van der Waals surface area contributed by atoms with Gasteiger partial charge in [-0.15, -0.1) is 0 Å². The number of benzene rings is 1. The van der Waals surface area contributed by atoms with E-state index in [1.807, 2.05) is 12.1 Å². The normalized spacial score (nSPS) is 29.6. The second-order valence-electron chi connectivity index (χ2n) is 6.96. The third kappa shape index (κ3) is 2.82. The van der Waals surface area contributed by atoms with Gasteiger partial charge < -0.3 is 15.3 Å². The number of aromatic hydroxyl groups is 1. The number of hydrogen-bond donors (Lipinski definition) is 2. The Kier molecular flexibility index (Phi) is 4.23. The van der Waals surface area contributed by atoms with Gasteiger partial charge in [-0.3, -0.25) is 0 Å². The molecule has 3 unspecified atom stereocenters. The van der Waals surface area contributed by atoms with Gasteiger partial charge in [-0.25, -0.2) is 0 Å². The SMILES string of the molecule is Cc1ccc(O)c2c1C(C)CC2NCC1CCCCN1C. The summed E-state index contributed by atoms with van der Waals surface area (Å²) in [4.78, 5) is 2.48. The van der Waals surface area contributed by atoms with Crippen LogP contribution in [0.15, 0.2) is 12.1 Å². The van der Waals surface area contributed by atoms with E-state index in [1.165, 1.54) is 36.9 Å². The van der Waals surface area contributed by atoms with E-state index >= 15 is 0 Å². The summed E-state index contributed by atoms with van der Waals surface area (Å²) >= 11 is 0. The van der Waals surface area contributed by atoms with E-state index < -0.39 is 0 Å². The Morgan fingerprint density at radius 1 is 1.29 bits per heavy atom. The molecule has 1 fully saturated rings. The number of hydrogen-bond acceptors (Lipinski definition) is 3. The molecule has 3 nitrogen and oxygen atoms in total. The lowest BCUT2D eigenvalue weighted by atomic mass is 9.97. The van der Waals surface area contributed by atoms with Crippen molar-refractivity contribution in [2.75, 3.05) is 20.1 Å². The average molecular weight is 288 g/mol. The van der Waals surface area contributed by atoms with Crippen LogP contribution in [0.25, 0.3) is 0 Å². The molecule has 1 saturated heterocycles. The molecular weight excluding hydrogens is 260 g/mol. The second-order valence-corrected chi connectivity index (χ2v) is 6.96. The molecule has 3 heteroatoms. The molecule has 0 amide bonds. The Morgan fingerprint density at radius 2 is 2.10 bits per heavy atom. The molecular formula is C18H28N2O. The highest BCUT2D eigenvalue weighted by molar-refractivity contribution is 5.50. The van der Waals surface area contributed by atoms with Gasteiger partial charge in [-0.2, -0.15) is 0 Å². The first kappa shape index (κ1) is 14.9. The van der Waals surface area contributed by atoms with Crippen molar-refractivity contribution in [3.8, 4) is 5.75 Å². The van der Waals surface area contributed by atoms with Gasteiger partial charge in [-0.05, 0) is 62.9 Å². The summed E-state index contributed by atoms with van der Waals surface area (Å²) in [6.45, 7) is 6.68. The number of fused-ring (bicyclic) bond motifs is 1. The molecule has 1 aromatic carbocycles. The summed E-state index contributed by atoms with van der Waals surface area (Å²) in [7, 11) is 2.23. The Bertz CT molecular complexity index is 514. The van der Waals surface area contributed by atoms with Gasteiger partial charge in [0.2, 0.25) is 0 Å². The van der Waals surface area contributed by atoms with Crippen molar-refractivity contribution in [1.82, 2.24) is 10.2 Å². The molecule has 0 aromatic heterocycles. The van der Waals surface area contributed by atoms with Crippen LogP contribution in [-0.2, 0) is 0 Å². The number of rotatable bonds is 3. The van der Waals surface area contributed by atoms with Gasteiger partial charge in [0.25, 0.3) is 0 Å². The summed E-state index contributed by atoms with van der Waals surface area (Å²) < 4.78 is 0. The molecule has 0 spiro atoms. The first-order valence-electron chi connectivity index (χ1n) is 8.34. The fraction of sp³-hybridized carbons (Fsp3) is 0.667. The number of nitrogens with zero attached hydrogens (tertiary/aromatic N) is 1. The van der Waals surface area contributed by atoms with Crippen molar-refractivity contribution in [3.05, 3.63) is 28.8 Å². The van der Waals surface area contributed by atoms with Gasteiger partial charge in [0, 0.05) is 24.2 Å². The van der Waals surface area contributed by atoms with Crippen LogP contribution in [0.5, 0.6) is 5.75 Å². The van der Waals surface area contributed by atoms with E-state index in [-0.39, 0.29) is 0 Å². The molecule has 3 rings (SSSR count). The van der Waals surface area contributed by atoms with Crippen molar-refractivity contribution in [2.24, 2.45) is 0 Å². The standard InChI is InChI=1S/C18H28N2O/c1-12-7-8-16(21)18-15(10-13(2)17(12)18)19-11-14-6-4-5-9-20(14)3/h7-8,13-15,19,21H,4-6,9-11H2,1-3H3. The minimum Gasteiger partial charge on any atom is -0.508 e. The molecule has 1 aliphatic heterocycles. The van der Waals surface area contributed by atoms with Crippen molar-refractivity contribution >= 4 is 0 Å². The number of likely N-dealkylation sites (N-methyl/N-ethyl adjacent to an activating group) is 1. The predicted octanol–water partition coefficient (Wildman–Crippen LogP) is 3.32. The van der Waals surface area contributed by atoms with Crippen molar-refractivity contribution < 1.29 is 5.11 Å². The van der Waals surface area contributed by atoms with Crippen LogP contribution < -0.4 is 5.32 Å². The van der Waals surface area contributed by atoms with Gasteiger partial charge in [0.1, 0.15) is 5.75 Å². The zero-order valence-electron chi connectivity index (χ0n) is 13.5. The molecule has 116 valence electrons. The maximum Gasteiger partial charge on any atom is 0.120 e. The lowest BCUT2D eigenvalue weighted by Crippen LogP contribution is -2.43. The van der Waals surface area contributed by atoms with Crippen LogP contribution in [0, 0.1) is 6.92 Å². The number of phenolic OH excluding ortho intramolecular Hbond substituents is 1. The van der Waals surface area contributed by atoms with Gasteiger partial charge >= 0.3 is 0 Å². The highest BCUT2D eigenvalue weighted by Crippen LogP contribution is 2.45. The summed E-state index contributed by atoms with van der Waals surface area (Å²) in [5.74, 6) is 1.00. The van der Waals surface area contributed by atoms with Crippen molar-refractivity contribution in [1.29, 1.82) is 0 Å². The minimum atomic E-state index is 0.310. The van der Waals surface area contributed by atoms with Crippen molar-refractivity contribution in [2.45, 2.75) is 57.5 Å². The number of phenols is 1. The largest absolute Gasteiger partial charge is 0.508 e. The predicted molar refractivity (Wildman–Crippen MR) is 86.9 cm³/mol. The molecule has 2 aliphatic rings. The Balaban J connectivity index is 1.73. The Labute approximate surface area is 128 Å². The maximum absolute atomic E-state index is 10.3. The van der Waals surface area contributed by atoms with E-state index in [1.54, 1.807) is 0 Å². The third-order valence-electron chi connectivity index (χ3n) is 5.43. The average Bonchev–Trinajstić information content (AvgIpc) is 2.80. The molecule has 1 aromatic rings. The number of piperidine rings is 1. The number of nitrogens with one attached hydrogen (secondary N) is 1. The molecule has 0 saturated carbocycles. The highest BCUT2D eigenvalue weighted by Gasteiger charge is 2.32. The molecule has 0 bridgehead atoms. The molecule has 2 N–H and O–H groups in total. The van der Waals surface area contributed by atoms with Crippen LogP contribution in [0.2, 0.25) is 0 Å². The third-order valence-corrected chi connectivity index (χ3v) is 5.43. The summed E-state index contributed by atoms with van der Waals surface area (Å²) in [5, 5.41) is 14.0. The van der Waals surface area contributed by atoms with E-state index in [0.717, 1.165) is 18.5 Å². The summed E-state index contributed by atoms with van der Waals surface area (Å²) in [6.07, 6.45) is 5.07. The highest BCUT2D eigenvalue weighted by atomic mass is 16.3. The van der Waals surface area contributed by atoms with E-state index in [9.17, 15) is 5.11 Å². The summed E-state index contributed by atoms with van der Waals surface area (Å²) in [6, 6.07) is 4.85. The van der Waals surface area contributed by atoms with E-state index in [4.69, 9.17) is 0 Å². The Morgan fingerprint density at radius 3 is 2.86 bits per heavy atom. The lowest BCUT2D eigenvalue weighted by molar-refractivity contribution is 0.177. The van der Waals surface area contributed by atoms with Crippen LogP contribution >= 0.6 is 0 Å². The quantitative estimate of drug-likeness (QED) is 0.895. The zero-order chi connectivity index (χ0) is 15.0. The van der Waals surface area contributed by atoms with Crippen molar-refractivity contribution in [3.63, 3.8) is 0 Å². The topological polar surface area (TPSA) is 35.5 Å². The Hall–Kier alpha value is -1.06. The fourth-order valence-electron chi connectivity index (χ4n) is 4.21. The second kappa shape index (κ2) is 5.98.